The summed E-state index contributed by atoms with van der Waals surface area (Å²) in [7, 11) is 0. The highest BCUT2D eigenvalue weighted by molar-refractivity contribution is 5.90. The van der Waals surface area contributed by atoms with Crippen molar-refractivity contribution >= 4 is 11.3 Å². The molecule has 0 saturated carbocycles. The molecule has 3 aromatic rings. The van der Waals surface area contributed by atoms with Gasteiger partial charge in [0, 0.05) is 28.8 Å². The van der Waals surface area contributed by atoms with Crippen LogP contribution >= 0.6 is 0 Å². The monoisotopic (exact) mass is 426 g/mol. The Morgan fingerprint density at radius 1 is 1.09 bits per heavy atom. The number of anilines is 1. The van der Waals surface area contributed by atoms with E-state index in [2.05, 4.69) is 31.3 Å². The Morgan fingerprint density at radius 2 is 1.88 bits per heavy atom. The molecule has 5 rings (SSSR count). The molecule has 0 fully saturated rings. The molecule has 2 N–H and O–H groups in total. The molecule has 4 nitrogen and oxygen atoms in total. The van der Waals surface area contributed by atoms with E-state index in [-0.39, 0.29) is 17.8 Å². The molecule has 1 unspecified atom stereocenters. The van der Waals surface area contributed by atoms with Crippen LogP contribution in [-0.2, 0) is 12.2 Å². The minimum atomic E-state index is -1.74. The average molecular weight is 426 g/mol. The van der Waals surface area contributed by atoms with Gasteiger partial charge in [0.1, 0.15) is 11.6 Å². The maximum absolute atomic E-state index is 14.2. The topological polar surface area (TPSA) is 65.3 Å². The fraction of sp³-hybridized carbons (Fsp3) is 0.222. The van der Waals surface area contributed by atoms with E-state index in [9.17, 15) is 14.8 Å². The lowest BCUT2D eigenvalue weighted by Crippen LogP contribution is -2.41. The van der Waals surface area contributed by atoms with E-state index in [1.54, 1.807) is 12.1 Å². The lowest BCUT2D eigenvalue weighted by atomic mass is 9.79. The number of hydrogen-bond acceptors (Lipinski definition) is 4. The first-order valence-corrected chi connectivity index (χ1v) is 10.6. The number of nitrogens with one attached hydrogen (secondary N) is 1. The lowest BCUT2D eigenvalue weighted by molar-refractivity contribution is -0.146. The molecule has 2 heterocycles. The van der Waals surface area contributed by atoms with Gasteiger partial charge in [-0.1, -0.05) is 30.3 Å². The summed E-state index contributed by atoms with van der Waals surface area (Å²) in [6, 6.07) is 17.5. The van der Waals surface area contributed by atoms with E-state index < -0.39 is 5.79 Å². The molecule has 0 aliphatic carbocycles. The van der Waals surface area contributed by atoms with Crippen molar-refractivity contribution < 1.29 is 14.2 Å². The molecule has 0 radical (unpaired) electrons. The highest BCUT2D eigenvalue weighted by atomic mass is 19.1. The number of benzene rings is 3. The third-order valence-electron chi connectivity index (χ3n) is 6.10. The molecular weight excluding hydrogens is 403 g/mol. The van der Waals surface area contributed by atoms with E-state index in [4.69, 9.17) is 4.74 Å². The van der Waals surface area contributed by atoms with Gasteiger partial charge in [0.05, 0.1) is 17.2 Å². The van der Waals surface area contributed by atoms with Crippen LogP contribution in [-0.4, -0.2) is 10.6 Å². The van der Waals surface area contributed by atoms with Crippen LogP contribution in [0, 0.1) is 17.1 Å². The Kier molecular flexibility index (Phi) is 4.40. The van der Waals surface area contributed by atoms with Gasteiger partial charge in [-0.25, -0.2) is 4.39 Å². The summed E-state index contributed by atoms with van der Waals surface area (Å²) in [6.45, 7) is 6.16. The van der Waals surface area contributed by atoms with Crippen molar-refractivity contribution in [2.45, 2.75) is 38.5 Å². The maximum Gasteiger partial charge on any atom is 0.240 e. The van der Waals surface area contributed by atoms with Crippen molar-refractivity contribution in [2.75, 3.05) is 5.32 Å². The van der Waals surface area contributed by atoms with Gasteiger partial charge in [0.2, 0.25) is 5.79 Å². The molecule has 32 heavy (non-hydrogen) atoms. The molecular formula is C27H23FN2O2. The SMILES string of the molecule is CC1=CC(C)(C)Nc2ccc3c(c21)C(O)(Cc1ccccc1C#N)Oc1ccc(F)cc1-3. The summed E-state index contributed by atoms with van der Waals surface area (Å²) >= 11 is 0. The third kappa shape index (κ3) is 3.16. The largest absolute Gasteiger partial charge is 0.457 e. The van der Waals surface area contributed by atoms with E-state index in [0.717, 1.165) is 22.4 Å². The second kappa shape index (κ2) is 6.94. The van der Waals surface area contributed by atoms with Gasteiger partial charge in [-0.05, 0) is 67.8 Å². The van der Waals surface area contributed by atoms with Crippen LogP contribution in [0.25, 0.3) is 16.7 Å². The van der Waals surface area contributed by atoms with Gasteiger partial charge in [-0.15, -0.1) is 0 Å². The highest BCUT2D eigenvalue weighted by Gasteiger charge is 2.44. The van der Waals surface area contributed by atoms with Crippen molar-refractivity contribution in [2.24, 2.45) is 0 Å². The number of allylic oxidation sites excluding steroid dienone is 1. The fourth-order valence-corrected chi connectivity index (χ4v) is 4.94. The summed E-state index contributed by atoms with van der Waals surface area (Å²) < 4.78 is 20.4. The van der Waals surface area contributed by atoms with E-state index in [0.29, 0.717) is 28.0 Å². The van der Waals surface area contributed by atoms with Gasteiger partial charge in [0.15, 0.2) is 0 Å². The zero-order valence-electron chi connectivity index (χ0n) is 18.2. The van der Waals surface area contributed by atoms with Crippen LogP contribution in [0.5, 0.6) is 5.75 Å². The molecule has 2 aliphatic rings. The summed E-state index contributed by atoms with van der Waals surface area (Å²) in [6.07, 6.45) is 2.19. The zero-order chi connectivity index (χ0) is 22.7. The van der Waals surface area contributed by atoms with E-state index >= 15 is 0 Å². The number of hydrogen-bond donors (Lipinski definition) is 2. The first-order valence-electron chi connectivity index (χ1n) is 10.6. The summed E-state index contributed by atoms with van der Waals surface area (Å²) in [5, 5.41) is 25.1. The highest BCUT2D eigenvalue weighted by Crippen LogP contribution is 2.51. The third-order valence-corrected chi connectivity index (χ3v) is 6.10. The molecule has 3 aromatic carbocycles. The summed E-state index contributed by atoms with van der Waals surface area (Å²) in [5.41, 5.74) is 5.52. The lowest BCUT2D eigenvalue weighted by Gasteiger charge is -2.41. The van der Waals surface area contributed by atoms with Crippen molar-refractivity contribution in [3.8, 4) is 22.9 Å². The molecule has 0 spiro atoms. The number of nitriles is 1. The first-order chi connectivity index (χ1) is 15.2. The molecule has 160 valence electrons. The van der Waals surface area contributed by atoms with Crippen molar-refractivity contribution in [1.29, 1.82) is 5.26 Å². The zero-order valence-corrected chi connectivity index (χ0v) is 18.2. The molecule has 5 heteroatoms. The molecule has 0 amide bonds. The van der Waals surface area contributed by atoms with Crippen LogP contribution in [0.4, 0.5) is 10.1 Å². The average Bonchev–Trinajstić information content (AvgIpc) is 2.73. The Hall–Kier alpha value is -3.62. The van der Waals surface area contributed by atoms with Crippen LogP contribution < -0.4 is 10.1 Å². The van der Waals surface area contributed by atoms with Crippen LogP contribution in [0.2, 0.25) is 0 Å². The molecule has 0 saturated heterocycles. The van der Waals surface area contributed by atoms with Gasteiger partial charge in [0.25, 0.3) is 0 Å². The number of aliphatic hydroxyl groups is 1. The fourth-order valence-electron chi connectivity index (χ4n) is 4.94. The number of rotatable bonds is 2. The Morgan fingerprint density at radius 3 is 2.66 bits per heavy atom. The first kappa shape index (κ1) is 20.3. The van der Waals surface area contributed by atoms with E-state index in [1.807, 2.05) is 31.2 Å². The standard InChI is InChI=1S/C27H23FN2O2/c1-16-13-26(2,3)30-22-10-9-20-21-12-19(28)8-11-23(21)32-27(31,25(20)24(16)22)14-17-6-4-5-7-18(17)15-29/h4-13,30-31H,14H2,1-3H3. The van der Waals surface area contributed by atoms with Gasteiger partial charge in [-0.2, -0.15) is 5.26 Å². The molecule has 1 atom stereocenters. The molecule has 0 bridgehead atoms. The molecule has 0 aromatic heterocycles. The van der Waals surface area contributed by atoms with Crippen LogP contribution in [0.1, 0.15) is 43.0 Å². The minimum absolute atomic E-state index is 0.0771. The normalized spacial score (nSPS) is 19.9. The van der Waals surface area contributed by atoms with Gasteiger partial charge < -0.3 is 15.2 Å². The van der Waals surface area contributed by atoms with Crippen LogP contribution in [0.3, 0.4) is 0 Å². The van der Waals surface area contributed by atoms with Crippen molar-refractivity contribution in [3.63, 3.8) is 0 Å². The number of ether oxygens (including phenoxy) is 1. The second-order valence-corrected chi connectivity index (χ2v) is 9.06. The predicted octanol–water partition coefficient (Wildman–Crippen LogP) is 5.75. The molecule has 2 aliphatic heterocycles. The minimum Gasteiger partial charge on any atom is -0.457 e. The Balaban J connectivity index is 1.79. The smallest absolute Gasteiger partial charge is 0.240 e. The number of fused-ring (bicyclic) bond motifs is 5. The second-order valence-electron chi connectivity index (χ2n) is 9.06. The van der Waals surface area contributed by atoms with Crippen LogP contribution in [0.15, 0.2) is 60.7 Å². The Bertz CT molecular complexity index is 1340. The maximum atomic E-state index is 14.2. The quantitative estimate of drug-likeness (QED) is 0.547. The van der Waals surface area contributed by atoms with Crippen molar-refractivity contribution in [1.82, 2.24) is 0 Å². The van der Waals surface area contributed by atoms with Gasteiger partial charge in [-0.3, -0.25) is 0 Å². The number of nitrogens with zero attached hydrogens (tertiary/aromatic N) is 1. The predicted molar refractivity (Wildman–Crippen MR) is 123 cm³/mol. The number of halogens is 1. The van der Waals surface area contributed by atoms with Gasteiger partial charge >= 0.3 is 0 Å². The summed E-state index contributed by atoms with van der Waals surface area (Å²) in [4.78, 5) is 0. The van der Waals surface area contributed by atoms with E-state index in [1.165, 1.54) is 18.2 Å². The summed E-state index contributed by atoms with van der Waals surface area (Å²) in [5.74, 6) is -1.71. The Labute approximate surface area is 186 Å². The van der Waals surface area contributed by atoms with Crippen molar-refractivity contribution in [3.05, 3.63) is 88.7 Å².